The van der Waals surface area contributed by atoms with Crippen LogP contribution in [0.15, 0.2) is 291 Å². The molecule has 2 aliphatic carbocycles. The molecule has 4 nitrogen and oxygen atoms in total. The van der Waals surface area contributed by atoms with Crippen LogP contribution in [-0.2, 0) is 0 Å². The van der Waals surface area contributed by atoms with Gasteiger partial charge in [0.25, 0.3) is 0 Å². The summed E-state index contributed by atoms with van der Waals surface area (Å²) >= 11 is 0. The van der Waals surface area contributed by atoms with E-state index in [1.54, 1.807) is 0 Å². The van der Waals surface area contributed by atoms with Crippen molar-refractivity contribution in [2.24, 2.45) is 0 Å². The van der Waals surface area contributed by atoms with E-state index in [1.807, 2.05) is 0 Å². The Bertz CT molecular complexity index is 5300. The van der Waals surface area contributed by atoms with Crippen LogP contribution >= 0.6 is 0 Å². The fraction of sp³-hybridized carbons (Fsp3) is 0.114. The Balaban J connectivity index is 0.858. The lowest BCUT2D eigenvalue weighted by atomic mass is 9.92. The maximum Gasteiger partial charge on any atom is 0.0641 e. The van der Waals surface area contributed by atoms with Crippen LogP contribution in [0.1, 0.15) is 74.3 Å². The minimum atomic E-state index is 0.573. The molecule has 2 fully saturated rings. The minimum Gasteiger partial charge on any atom is -0.309 e. The third-order valence-electron chi connectivity index (χ3n) is 21.0. The van der Waals surface area contributed by atoms with Crippen LogP contribution in [0.25, 0.3) is 121 Å². The number of hydrogen-bond donors (Lipinski definition) is 0. The normalized spacial score (nSPS) is 14.1. The fourth-order valence-corrected chi connectivity index (χ4v) is 16.8. The van der Waals surface area contributed by atoms with E-state index in [4.69, 9.17) is 0 Å². The van der Waals surface area contributed by atoms with Gasteiger partial charge in [0.1, 0.15) is 0 Å². The third kappa shape index (κ3) is 8.29. The average molecular weight is 1180 g/mol. The molecule has 2 saturated carbocycles. The molecule has 2 aliphatic rings. The molecule has 0 saturated heterocycles. The highest BCUT2D eigenvalue weighted by Gasteiger charge is 2.31. The van der Waals surface area contributed by atoms with Crippen LogP contribution in [-0.4, -0.2) is 8.80 Å². The largest absolute Gasteiger partial charge is 0.309 e. The average Bonchev–Trinajstić information content (AvgIpc) is 1.52. The van der Waals surface area contributed by atoms with Gasteiger partial charge < -0.3 is 18.6 Å². The van der Waals surface area contributed by atoms with E-state index < -0.39 is 0 Å². The molecule has 438 valence electrons. The van der Waals surface area contributed by atoms with Crippen LogP contribution in [0.5, 0.6) is 0 Å². The Morgan fingerprint density at radius 3 is 1.02 bits per heavy atom. The summed E-state index contributed by atoms with van der Waals surface area (Å²) in [6.45, 7) is 0. The SMILES string of the molecule is c1ccc(-c2cccc(N(c3ccc(C4CCCC4)cc3-c3ccccc3)c3ccc4c5cc6c(cc5n5c7ccccc7c3c45)c3ccc(N(c4cccc(-c5ccccc5)c4)c4ccc(C5CCCC5)cc4-c4ccccc4)c4c5ccccc5n6c34)c2)cc1. The number of rotatable bonds is 12. The molecular formula is C88H66N4. The first-order valence-corrected chi connectivity index (χ1v) is 33.3. The quantitative estimate of drug-likeness (QED) is 0.121. The highest BCUT2D eigenvalue weighted by molar-refractivity contribution is 6.32. The molecule has 4 aromatic heterocycles. The smallest absolute Gasteiger partial charge is 0.0641 e. The van der Waals surface area contributed by atoms with E-state index in [1.165, 1.54) is 195 Å². The number of fused-ring (bicyclic) bond motifs is 12. The minimum absolute atomic E-state index is 0.573. The summed E-state index contributed by atoms with van der Waals surface area (Å²) in [5.74, 6) is 1.15. The maximum atomic E-state index is 2.60. The zero-order chi connectivity index (χ0) is 60.4. The lowest BCUT2D eigenvalue weighted by Crippen LogP contribution is -2.12. The van der Waals surface area contributed by atoms with Gasteiger partial charge in [-0.3, -0.25) is 0 Å². The van der Waals surface area contributed by atoms with Crippen LogP contribution < -0.4 is 9.80 Å². The Labute approximate surface area is 535 Å². The van der Waals surface area contributed by atoms with Gasteiger partial charge in [0, 0.05) is 65.6 Å². The van der Waals surface area contributed by atoms with Gasteiger partial charge in [0.15, 0.2) is 0 Å². The number of para-hydroxylation sites is 2. The van der Waals surface area contributed by atoms with Crippen molar-refractivity contribution in [2.75, 3.05) is 9.80 Å². The van der Waals surface area contributed by atoms with Crippen LogP contribution in [0.2, 0.25) is 0 Å². The Hall–Kier alpha value is -10.9. The van der Waals surface area contributed by atoms with Gasteiger partial charge in [-0.05, 0) is 167 Å². The summed E-state index contributed by atoms with van der Waals surface area (Å²) in [5.41, 5.74) is 26.9. The van der Waals surface area contributed by atoms with Gasteiger partial charge in [-0.15, -0.1) is 0 Å². The summed E-state index contributed by atoms with van der Waals surface area (Å²) in [4.78, 5) is 5.16. The van der Waals surface area contributed by atoms with E-state index in [2.05, 4.69) is 310 Å². The molecule has 0 aliphatic heterocycles. The van der Waals surface area contributed by atoms with Crippen LogP contribution in [0.3, 0.4) is 0 Å². The molecule has 92 heavy (non-hydrogen) atoms. The Morgan fingerprint density at radius 1 is 0.250 bits per heavy atom. The van der Waals surface area contributed by atoms with Gasteiger partial charge in [-0.2, -0.15) is 0 Å². The van der Waals surface area contributed by atoms with E-state index in [-0.39, 0.29) is 0 Å². The van der Waals surface area contributed by atoms with Crippen molar-refractivity contribution in [1.29, 1.82) is 0 Å². The molecule has 4 heterocycles. The number of benzene rings is 13. The molecule has 0 radical (unpaired) electrons. The van der Waals surface area contributed by atoms with Crippen molar-refractivity contribution in [3.05, 3.63) is 302 Å². The van der Waals surface area contributed by atoms with Gasteiger partial charge in [-0.25, -0.2) is 0 Å². The molecule has 0 N–H and O–H groups in total. The molecule has 0 unspecified atom stereocenters. The number of aromatic nitrogens is 2. The van der Waals surface area contributed by atoms with Crippen molar-refractivity contribution >= 4 is 110 Å². The predicted molar refractivity (Wildman–Crippen MR) is 389 cm³/mol. The third-order valence-corrected chi connectivity index (χ3v) is 21.0. The maximum absolute atomic E-state index is 2.60. The fourth-order valence-electron chi connectivity index (χ4n) is 16.8. The van der Waals surface area contributed by atoms with Crippen molar-refractivity contribution in [3.63, 3.8) is 0 Å². The van der Waals surface area contributed by atoms with E-state index in [0.717, 1.165) is 22.7 Å². The Morgan fingerprint density at radius 2 is 0.609 bits per heavy atom. The van der Waals surface area contributed by atoms with Crippen molar-refractivity contribution in [3.8, 4) is 44.5 Å². The van der Waals surface area contributed by atoms with Gasteiger partial charge in [0.2, 0.25) is 0 Å². The highest BCUT2D eigenvalue weighted by atomic mass is 15.2. The van der Waals surface area contributed by atoms with E-state index >= 15 is 0 Å². The molecule has 4 heteroatoms. The first-order chi connectivity index (χ1) is 45.7. The Kier molecular flexibility index (Phi) is 12.3. The molecule has 0 bridgehead atoms. The highest BCUT2D eigenvalue weighted by Crippen LogP contribution is 2.54. The topological polar surface area (TPSA) is 15.3 Å². The second-order valence-corrected chi connectivity index (χ2v) is 26.1. The second-order valence-electron chi connectivity index (χ2n) is 26.1. The zero-order valence-corrected chi connectivity index (χ0v) is 51.3. The molecular weight excluding hydrogens is 1110 g/mol. The van der Waals surface area contributed by atoms with E-state index in [0.29, 0.717) is 11.8 Å². The first kappa shape index (κ1) is 52.9. The summed E-state index contributed by atoms with van der Waals surface area (Å²) < 4.78 is 5.19. The van der Waals surface area contributed by atoms with Crippen LogP contribution in [0.4, 0.5) is 34.1 Å². The van der Waals surface area contributed by atoms with Crippen molar-refractivity contribution in [1.82, 2.24) is 8.80 Å². The lowest BCUT2D eigenvalue weighted by Gasteiger charge is -2.30. The first-order valence-electron chi connectivity index (χ1n) is 33.3. The summed E-state index contributed by atoms with van der Waals surface area (Å²) in [7, 11) is 0. The molecule has 17 aromatic rings. The van der Waals surface area contributed by atoms with Gasteiger partial charge in [0.05, 0.1) is 55.8 Å². The van der Waals surface area contributed by atoms with Gasteiger partial charge in [-0.1, -0.05) is 232 Å². The van der Waals surface area contributed by atoms with Gasteiger partial charge >= 0.3 is 0 Å². The zero-order valence-electron chi connectivity index (χ0n) is 51.3. The molecule has 19 rings (SSSR count). The summed E-state index contributed by atoms with van der Waals surface area (Å²) in [6.07, 6.45) is 10.1. The molecule has 0 atom stereocenters. The number of nitrogens with zero attached hydrogens (tertiary/aromatic N) is 4. The van der Waals surface area contributed by atoms with Crippen molar-refractivity contribution < 1.29 is 0 Å². The standard InChI is InChI=1S/C88H66N4/c1-5-23-57(24-6-1)63-35-21-37-67(51-63)89(79-47-43-65(59-27-13-14-28-59)53-73(79)61-31-9-3-10-32-61)81-49-45-69-75-55-84-76(56-83(75)91-77-41-19-17-39-71(77)85(81)87(69)91)70-46-50-82(86-72-40-18-20-42-78(72)92(84)88(70)86)90(68-38-22-36-64(52-68)58-25-7-2-8-26-58)80-48-44-66(60-29-15-16-30-60)54-74(80)62-33-11-4-12-34-62/h1-12,17-26,31-56,59-60H,13-16,27-30H2. The van der Waals surface area contributed by atoms with E-state index in [9.17, 15) is 0 Å². The molecule has 0 spiro atoms. The monoisotopic (exact) mass is 1180 g/mol. The lowest BCUT2D eigenvalue weighted by molar-refractivity contribution is 0.723. The van der Waals surface area contributed by atoms with Crippen LogP contribution in [0, 0.1) is 0 Å². The molecule has 13 aromatic carbocycles. The summed E-state index contributed by atoms with van der Waals surface area (Å²) in [5, 5.41) is 9.98. The molecule has 0 amide bonds. The number of hydrogen-bond acceptors (Lipinski definition) is 2. The predicted octanol–water partition coefficient (Wildman–Crippen LogP) is 24.9. The number of anilines is 6. The van der Waals surface area contributed by atoms with Crippen molar-refractivity contribution in [2.45, 2.75) is 63.2 Å². The second kappa shape index (κ2) is 21.4. The summed E-state index contributed by atoms with van der Waals surface area (Å²) in [6, 6.07) is 110.